The maximum atomic E-state index is 13.0. The van der Waals surface area contributed by atoms with Gasteiger partial charge in [-0.2, -0.15) is 18.3 Å². The number of aromatic nitrogens is 1. The SMILES string of the molecule is Cc1ccc(C(F)(F)F)c(C=NNc2nc(-c3ccccc3)cs2)c1. The molecule has 25 heavy (non-hydrogen) atoms. The average molecular weight is 361 g/mol. The van der Waals surface area contributed by atoms with E-state index in [1.165, 1.54) is 29.7 Å². The van der Waals surface area contributed by atoms with Gasteiger partial charge in [-0.25, -0.2) is 4.98 Å². The van der Waals surface area contributed by atoms with Gasteiger partial charge in [0.1, 0.15) is 0 Å². The number of rotatable bonds is 4. The summed E-state index contributed by atoms with van der Waals surface area (Å²) in [5.41, 5.74) is 4.47. The smallest absolute Gasteiger partial charge is 0.253 e. The molecule has 2 aromatic carbocycles. The summed E-state index contributed by atoms with van der Waals surface area (Å²) >= 11 is 1.33. The molecule has 0 aliphatic heterocycles. The van der Waals surface area contributed by atoms with Crippen LogP contribution in [0.5, 0.6) is 0 Å². The summed E-state index contributed by atoms with van der Waals surface area (Å²) in [6.07, 6.45) is -3.25. The molecule has 0 unspecified atom stereocenters. The molecule has 0 saturated carbocycles. The number of halogens is 3. The van der Waals surface area contributed by atoms with Crippen LogP contribution in [-0.2, 0) is 6.18 Å². The van der Waals surface area contributed by atoms with Crippen molar-refractivity contribution >= 4 is 22.7 Å². The molecule has 128 valence electrons. The van der Waals surface area contributed by atoms with Crippen molar-refractivity contribution in [1.82, 2.24) is 4.98 Å². The first-order valence-electron chi connectivity index (χ1n) is 7.41. The quantitative estimate of drug-likeness (QED) is 0.486. The zero-order valence-electron chi connectivity index (χ0n) is 13.2. The van der Waals surface area contributed by atoms with Gasteiger partial charge in [0.05, 0.1) is 17.5 Å². The molecule has 0 atom stereocenters. The van der Waals surface area contributed by atoms with Crippen molar-refractivity contribution in [2.24, 2.45) is 5.10 Å². The summed E-state index contributed by atoms with van der Waals surface area (Å²) < 4.78 is 39.1. The fourth-order valence-corrected chi connectivity index (χ4v) is 2.94. The molecule has 3 nitrogen and oxygen atoms in total. The van der Waals surface area contributed by atoms with Crippen molar-refractivity contribution in [2.75, 3.05) is 5.43 Å². The van der Waals surface area contributed by atoms with Crippen molar-refractivity contribution in [1.29, 1.82) is 0 Å². The largest absolute Gasteiger partial charge is 0.417 e. The van der Waals surface area contributed by atoms with Gasteiger partial charge in [-0.1, -0.05) is 42.0 Å². The van der Waals surface area contributed by atoms with Gasteiger partial charge in [-0.3, -0.25) is 5.43 Å². The second kappa shape index (κ2) is 7.06. The third kappa shape index (κ3) is 4.24. The first-order valence-corrected chi connectivity index (χ1v) is 8.29. The van der Waals surface area contributed by atoms with Gasteiger partial charge in [-0.15, -0.1) is 11.3 Å². The molecule has 0 fully saturated rings. The maximum Gasteiger partial charge on any atom is 0.417 e. The van der Waals surface area contributed by atoms with Crippen molar-refractivity contribution in [3.63, 3.8) is 0 Å². The van der Waals surface area contributed by atoms with E-state index in [0.717, 1.165) is 22.9 Å². The first-order chi connectivity index (χ1) is 11.9. The van der Waals surface area contributed by atoms with Crippen LogP contribution in [0, 0.1) is 6.92 Å². The lowest BCUT2D eigenvalue weighted by Gasteiger charge is -2.10. The Hall–Kier alpha value is -2.67. The van der Waals surface area contributed by atoms with Gasteiger partial charge in [0.15, 0.2) is 0 Å². The molecule has 0 bridgehead atoms. The second-order valence-electron chi connectivity index (χ2n) is 5.36. The normalized spacial score (nSPS) is 11.8. The number of hydrogen-bond donors (Lipinski definition) is 1. The number of nitrogens with zero attached hydrogens (tertiary/aromatic N) is 2. The molecule has 0 aliphatic rings. The number of aryl methyl sites for hydroxylation is 1. The standard InChI is InChI=1S/C18H14F3N3S/c1-12-7-8-15(18(19,20)21)14(9-12)10-22-24-17-23-16(11-25-17)13-5-3-2-4-6-13/h2-11H,1H3,(H,23,24). The van der Waals surface area contributed by atoms with E-state index < -0.39 is 11.7 Å². The van der Waals surface area contributed by atoms with Crippen LogP contribution < -0.4 is 5.43 Å². The Labute approximate surface area is 146 Å². The summed E-state index contributed by atoms with van der Waals surface area (Å²) in [5.74, 6) is 0. The fourth-order valence-electron chi connectivity index (χ4n) is 2.27. The average Bonchev–Trinajstić information content (AvgIpc) is 3.03. The zero-order chi connectivity index (χ0) is 17.9. The number of hydrazone groups is 1. The highest BCUT2D eigenvalue weighted by Gasteiger charge is 2.32. The molecule has 1 N–H and O–H groups in total. The van der Waals surface area contributed by atoms with Crippen LogP contribution in [0.15, 0.2) is 59.0 Å². The number of alkyl halides is 3. The van der Waals surface area contributed by atoms with E-state index in [2.05, 4.69) is 15.5 Å². The maximum absolute atomic E-state index is 13.0. The van der Waals surface area contributed by atoms with Crippen LogP contribution in [0.3, 0.4) is 0 Å². The topological polar surface area (TPSA) is 37.3 Å². The molecular weight excluding hydrogens is 347 g/mol. The van der Waals surface area contributed by atoms with Crippen molar-refractivity contribution in [3.8, 4) is 11.3 Å². The van der Waals surface area contributed by atoms with Gasteiger partial charge >= 0.3 is 6.18 Å². The number of thiazole rings is 1. The Morgan fingerprint density at radius 1 is 1.12 bits per heavy atom. The van der Waals surface area contributed by atoms with E-state index in [4.69, 9.17) is 0 Å². The lowest BCUT2D eigenvalue weighted by Crippen LogP contribution is -2.09. The molecule has 3 aromatic rings. The Balaban J connectivity index is 1.76. The van der Waals surface area contributed by atoms with Crippen molar-refractivity contribution in [3.05, 3.63) is 70.6 Å². The number of hydrogen-bond acceptors (Lipinski definition) is 4. The molecule has 7 heteroatoms. The van der Waals surface area contributed by atoms with Crippen LogP contribution in [0.4, 0.5) is 18.3 Å². The van der Waals surface area contributed by atoms with E-state index >= 15 is 0 Å². The Morgan fingerprint density at radius 3 is 2.60 bits per heavy atom. The van der Waals surface area contributed by atoms with Gasteiger partial charge in [0.25, 0.3) is 0 Å². The molecule has 3 rings (SSSR count). The summed E-state index contributed by atoms with van der Waals surface area (Å²) in [6.45, 7) is 1.73. The highest BCUT2D eigenvalue weighted by Crippen LogP contribution is 2.32. The van der Waals surface area contributed by atoms with Crippen LogP contribution in [0.25, 0.3) is 11.3 Å². The minimum atomic E-state index is -4.42. The van der Waals surface area contributed by atoms with Crippen LogP contribution in [-0.4, -0.2) is 11.2 Å². The highest BCUT2D eigenvalue weighted by atomic mass is 32.1. The number of benzene rings is 2. The summed E-state index contributed by atoms with van der Waals surface area (Å²) in [4.78, 5) is 4.37. The Bertz CT molecular complexity index is 886. The molecule has 0 radical (unpaired) electrons. The summed E-state index contributed by atoms with van der Waals surface area (Å²) in [6, 6.07) is 13.6. The highest BCUT2D eigenvalue weighted by molar-refractivity contribution is 7.14. The minimum absolute atomic E-state index is 0.0137. The van der Waals surface area contributed by atoms with E-state index in [9.17, 15) is 13.2 Å². The van der Waals surface area contributed by atoms with Crippen LogP contribution in [0.1, 0.15) is 16.7 Å². The third-order valence-corrected chi connectivity index (χ3v) is 4.20. The number of anilines is 1. The molecule has 0 aliphatic carbocycles. The van der Waals surface area contributed by atoms with Crippen LogP contribution >= 0.6 is 11.3 Å². The summed E-state index contributed by atoms with van der Waals surface area (Å²) in [7, 11) is 0. The van der Waals surface area contributed by atoms with Crippen molar-refractivity contribution < 1.29 is 13.2 Å². The van der Waals surface area contributed by atoms with E-state index in [-0.39, 0.29) is 5.56 Å². The number of nitrogens with one attached hydrogen (secondary N) is 1. The first kappa shape index (κ1) is 17.2. The molecule has 0 spiro atoms. The fraction of sp³-hybridized carbons (Fsp3) is 0.111. The molecule has 0 amide bonds. The van der Waals surface area contributed by atoms with E-state index in [1.807, 2.05) is 35.7 Å². The third-order valence-electron chi connectivity index (χ3n) is 3.45. The predicted molar refractivity (Wildman–Crippen MR) is 94.9 cm³/mol. The van der Waals surface area contributed by atoms with Gasteiger partial charge < -0.3 is 0 Å². The molecule has 1 heterocycles. The van der Waals surface area contributed by atoms with E-state index in [0.29, 0.717) is 5.13 Å². The predicted octanol–water partition coefficient (Wildman–Crippen LogP) is 5.58. The Kier molecular flexibility index (Phi) is 4.85. The zero-order valence-corrected chi connectivity index (χ0v) is 14.0. The lowest BCUT2D eigenvalue weighted by molar-refractivity contribution is -0.137. The second-order valence-corrected chi connectivity index (χ2v) is 6.22. The van der Waals surface area contributed by atoms with Crippen molar-refractivity contribution in [2.45, 2.75) is 13.1 Å². The molecular formula is C18H14F3N3S. The van der Waals surface area contributed by atoms with Crippen LogP contribution in [0.2, 0.25) is 0 Å². The monoisotopic (exact) mass is 361 g/mol. The van der Waals surface area contributed by atoms with Gasteiger partial charge in [0, 0.05) is 16.5 Å². The van der Waals surface area contributed by atoms with E-state index in [1.54, 1.807) is 6.92 Å². The Morgan fingerprint density at radius 2 is 1.88 bits per heavy atom. The lowest BCUT2D eigenvalue weighted by atomic mass is 10.1. The molecule has 0 saturated heterocycles. The molecule has 1 aromatic heterocycles. The minimum Gasteiger partial charge on any atom is -0.253 e. The van der Waals surface area contributed by atoms with Gasteiger partial charge in [0.2, 0.25) is 5.13 Å². The summed E-state index contributed by atoms with van der Waals surface area (Å²) in [5, 5.41) is 6.28. The van der Waals surface area contributed by atoms with Gasteiger partial charge in [-0.05, 0) is 19.1 Å².